The predicted octanol–water partition coefficient (Wildman–Crippen LogP) is 3.54. The van der Waals surface area contributed by atoms with E-state index in [2.05, 4.69) is 4.85 Å². The van der Waals surface area contributed by atoms with Gasteiger partial charge in [-0.1, -0.05) is 6.07 Å². The van der Waals surface area contributed by atoms with Crippen molar-refractivity contribution in [3.8, 4) is 0 Å². The zero-order valence-corrected chi connectivity index (χ0v) is 15.5. The molecule has 2 aromatic rings. The molecule has 2 aromatic carbocycles. The van der Waals surface area contributed by atoms with Gasteiger partial charge in [-0.3, -0.25) is 14.5 Å². The number of rotatable bonds is 3. The monoisotopic (exact) mass is 380 g/mol. The summed E-state index contributed by atoms with van der Waals surface area (Å²) in [5, 5.41) is 0. The summed E-state index contributed by atoms with van der Waals surface area (Å²) in [5.41, 5.74) is 5.02. The highest BCUT2D eigenvalue weighted by Gasteiger charge is 2.52. The van der Waals surface area contributed by atoms with Crippen LogP contribution in [-0.2, 0) is 4.79 Å². The highest BCUT2D eigenvalue weighted by Crippen LogP contribution is 2.37. The topological polar surface area (TPSA) is 88.1 Å². The van der Waals surface area contributed by atoms with Gasteiger partial charge < -0.3 is 5.73 Å². The van der Waals surface area contributed by atoms with Gasteiger partial charge in [0.15, 0.2) is 5.69 Å². The highest BCUT2D eigenvalue weighted by molar-refractivity contribution is 6.30. The molecule has 1 aliphatic rings. The van der Waals surface area contributed by atoms with E-state index in [9.17, 15) is 18.8 Å². The lowest BCUT2D eigenvalue weighted by atomic mass is 10.0. The standard InChI is InChI=1S/C20H17FN4O3/c1-11-9-12(6-8-16(11)23-4)24-18(27)20(2,3)25(19(24)28)13-5-7-14(17(22)26)15(21)10-13/h5-10H,1-3H3,(H2,22,26). The summed E-state index contributed by atoms with van der Waals surface area (Å²) in [6, 6.07) is 7.53. The number of amides is 4. The van der Waals surface area contributed by atoms with Crippen molar-refractivity contribution in [2.45, 2.75) is 26.3 Å². The number of nitrogens with two attached hydrogens (primary N) is 1. The Morgan fingerprint density at radius 2 is 1.79 bits per heavy atom. The van der Waals surface area contributed by atoms with Crippen LogP contribution in [0.15, 0.2) is 36.4 Å². The van der Waals surface area contributed by atoms with Crippen LogP contribution in [0.25, 0.3) is 4.85 Å². The summed E-state index contributed by atoms with van der Waals surface area (Å²) < 4.78 is 14.2. The van der Waals surface area contributed by atoms with Crippen LogP contribution in [0.2, 0.25) is 0 Å². The Labute approximate surface area is 161 Å². The van der Waals surface area contributed by atoms with Crippen molar-refractivity contribution in [3.05, 3.63) is 64.8 Å². The maximum Gasteiger partial charge on any atom is 0.336 e. The maximum absolute atomic E-state index is 14.2. The third-order valence-electron chi connectivity index (χ3n) is 4.70. The van der Waals surface area contributed by atoms with Gasteiger partial charge in [0, 0.05) is 5.69 Å². The van der Waals surface area contributed by atoms with Crippen molar-refractivity contribution >= 4 is 34.9 Å². The molecule has 1 heterocycles. The summed E-state index contributed by atoms with van der Waals surface area (Å²) >= 11 is 0. The Kier molecular flexibility index (Phi) is 4.39. The van der Waals surface area contributed by atoms with Gasteiger partial charge in [-0.2, -0.15) is 0 Å². The van der Waals surface area contributed by atoms with Crippen molar-refractivity contribution in [1.82, 2.24) is 0 Å². The average Bonchev–Trinajstić information content (AvgIpc) is 2.79. The fourth-order valence-corrected chi connectivity index (χ4v) is 3.20. The van der Waals surface area contributed by atoms with Gasteiger partial charge in [0.25, 0.3) is 11.8 Å². The van der Waals surface area contributed by atoms with Gasteiger partial charge >= 0.3 is 6.03 Å². The smallest absolute Gasteiger partial charge is 0.336 e. The number of urea groups is 1. The minimum absolute atomic E-state index is 0.128. The summed E-state index contributed by atoms with van der Waals surface area (Å²) in [7, 11) is 0. The number of carbonyl (C=O) groups is 3. The molecule has 0 aromatic heterocycles. The first-order valence-electron chi connectivity index (χ1n) is 8.35. The molecule has 0 spiro atoms. The van der Waals surface area contributed by atoms with Gasteiger partial charge in [-0.15, -0.1) is 0 Å². The molecule has 1 saturated heterocycles. The van der Waals surface area contributed by atoms with Crippen LogP contribution in [-0.4, -0.2) is 23.4 Å². The molecule has 2 N–H and O–H groups in total. The molecular weight excluding hydrogens is 363 g/mol. The molecule has 1 aliphatic heterocycles. The molecule has 0 radical (unpaired) electrons. The molecule has 0 saturated carbocycles. The van der Waals surface area contributed by atoms with E-state index >= 15 is 0 Å². The fraction of sp³-hybridized carbons (Fsp3) is 0.200. The summed E-state index contributed by atoms with van der Waals surface area (Å²) in [6.45, 7) is 11.9. The Morgan fingerprint density at radius 1 is 1.14 bits per heavy atom. The first-order valence-corrected chi connectivity index (χ1v) is 8.35. The maximum atomic E-state index is 14.2. The van der Waals surface area contributed by atoms with Gasteiger partial charge in [0.2, 0.25) is 0 Å². The largest absolute Gasteiger partial charge is 0.366 e. The van der Waals surface area contributed by atoms with Crippen molar-refractivity contribution < 1.29 is 18.8 Å². The van der Waals surface area contributed by atoms with E-state index in [4.69, 9.17) is 12.3 Å². The lowest BCUT2D eigenvalue weighted by Gasteiger charge is -2.27. The molecule has 8 heteroatoms. The number of benzene rings is 2. The van der Waals surface area contributed by atoms with Crippen molar-refractivity contribution in [3.63, 3.8) is 0 Å². The summed E-state index contributed by atoms with van der Waals surface area (Å²) in [5.74, 6) is -2.30. The molecule has 0 bridgehead atoms. The van der Waals surface area contributed by atoms with E-state index in [-0.39, 0.29) is 11.3 Å². The van der Waals surface area contributed by atoms with E-state index in [1.165, 1.54) is 29.2 Å². The predicted molar refractivity (Wildman–Crippen MR) is 102 cm³/mol. The molecular formula is C20H17FN4O3. The molecule has 7 nitrogen and oxygen atoms in total. The number of nitrogens with zero attached hydrogens (tertiary/aromatic N) is 3. The van der Waals surface area contributed by atoms with Crippen molar-refractivity contribution in [2.24, 2.45) is 5.73 Å². The van der Waals surface area contributed by atoms with Crippen molar-refractivity contribution in [1.29, 1.82) is 0 Å². The molecule has 1 fully saturated rings. The number of aryl methyl sites for hydroxylation is 1. The highest BCUT2D eigenvalue weighted by atomic mass is 19.1. The minimum Gasteiger partial charge on any atom is -0.366 e. The van der Waals surface area contributed by atoms with Gasteiger partial charge in [-0.25, -0.2) is 18.9 Å². The zero-order valence-electron chi connectivity index (χ0n) is 15.5. The number of halogens is 1. The van der Waals surface area contributed by atoms with Crippen LogP contribution < -0.4 is 15.5 Å². The van der Waals surface area contributed by atoms with Crippen LogP contribution in [0.3, 0.4) is 0 Å². The number of carbonyl (C=O) groups excluding carboxylic acids is 3. The summed E-state index contributed by atoms with van der Waals surface area (Å²) in [4.78, 5) is 42.8. The third kappa shape index (κ3) is 2.77. The molecule has 142 valence electrons. The lowest BCUT2D eigenvalue weighted by Crippen LogP contribution is -2.44. The van der Waals surface area contributed by atoms with E-state index in [0.29, 0.717) is 16.9 Å². The van der Waals surface area contributed by atoms with Crippen LogP contribution in [0.4, 0.5) is 26.2 Å². The Hall–Kier alpha value is -3.73. The van der Waals surface area contributed by atoms with Crippen LogP contribution in [0.1, 0.15) is 29.8 Å². The van der Waals surface area contributed by atoms with Crippen LogP contribution >= 0.6 is 0 Å². The van der Waals surface area contributed by atoms with Crippen LogP contribution in [0, 0.1) is 19.3 Å². The molecule has 0 aliphatic carbocycles. The second kappa shape index (κ2) is 6.46. The second-order valence-electron chi connectivity index (χ2n) is 6.93. The molecule has 3 rings (SSSR count). The van der Waals surface area contributed by atoms with E-state index < -0.39 is 29.2 Å². The molecule has 0 unspecified atom stereocenters. The average molecular weight is 380 g/mol. The first kappa shape index (κ1) is 19.0. The summed E-state index contributed by atoms with van der Waals surface area (Å²) in [6.07, 6.45) is 0. The zero-order chi connectivity index (χ0) is 20.8. The SMILES string of the molecule is [C-]#[N+]c1ccc(N2C(=O)N(c3ccc(C(N)=O)c(F)c3)C(C)(C)C2=O)cc1C. The first-order chi connectivity index (χ1) is 13.1. The van der Waals surface area contributed by atoms with Crippen molar-refractivity contribution in [2.75, 3.05) is 9.80 Å². The third-order valence-corrected chi connectivity index (χ3v) is 4.70. The molecule has 28 heavy (non-hydrogen) atoms. The lowest BCUT2D eigenvalue weighted by molar-refractivity contribution is -0.120. The van der Waals surface area contributed by atoms with E-state index in [1.807, 2.05) is 0 Å². The van der Waals surface area contributed by atoms with E-state index in [0.717, 1.165) is 11.0 Å². The number of imide groups is 1. The van der Waals surface area contributed by atoms with Gasteiger partial charge in [0.05, 0.1) is 17.8 Å². The number of hydrogen-bond acceptors (Lipinski definition) is 3. The molecule has 4 amide bonds. The van der Waals surface area contributed by atoms with Gasteiger partial charge in [0.1, 0.15) is 11.4 Å². The molecule has 0 atom stereocenters. The quantitative estimate of drug-likeness (QED) is 0.653. The number of hydrogen-bond donors (Lipinski definition) is 1. The Morgan fingerprint density at radius 3 is 2.32 bits per heavy atom. The van der Waals surface area contributed by atoms with Crippen LogP contribution in [0.5, 0.6) is 0 Å². The number of anilines is 2. The van der Waals surface area contributed by atoms with E-state index in [1.54, 1.807) is 26.8 Å². The number of primary amides is 1. The fourth-order valence-electron chi connectivity index (χ4n) is 3.20. The normalized spacial score (nSPS) is 15.7. The Balaban J connectivity index is 2.08. The minimum atomic E-state index is -1.29. The Bertz CT molecular complexity index is 1070. The van der Waals surface area contributed by atoms with Gasteiger partial charge in [-0.05, 0) is 56.7 Å². The second-order valence-corrected chi connectivity index (χ2v) is 6.93.